The average molecular weight is 812 g/mol. The van der Waals surface area contributed by atoms with Crippen LogP contribution < -0.4 is 4.90 Å². The van der Waals surface area contributed by atoms with Gasteiger partial charge in [0, 0.05) is 54.1 Å². The number of anilines is 1. The van der Waals surface area contributed by atoms with E-state index >= 15 is 0 Å². The fourth-order valence-electron chi connectivity index (χ4n) is 8.30. The van der Waals surface area contributed by atoms with Gasteiger partial charge < -0.3 is 19.5 Å². The molecule has 0 fully saturated rings. The van der Waals surface area contributed by atoms with E-state index in [-0.39, 0.29) is 50.4 Å². The first-order chi connectivity index (χ1) is 26.2. The van der Waals surface area contributed by atoms with Gasteiger partial charge in [-0.05, 0) is 75.8 Å². The van der Waals surface area contributed by atoms with Crippen molar-refractivity contribution >= 4 is 43.3 Å². The largest absolute Gasteiger partial charge is 0.465 e. The standard InChI is InChI=1S/C42H54N2O10S2/c1-7-53-38(45)42(39(46)54-8-2)28-30(19-21-36-40(3,4)32-15-9-11-17-34(32)43(36)23-13-25-55(47,48)49)27-31(29-42)20-22-37-41(5,6)33-16-10-12-18-35(33)44(37)24-14-26-56(50,51)52/h9-12,15-22,27,38,45H,7-8,13-14,23-26,28-29H2,1-6H3,(H-,47,48,49,50,51,52)/p+1. The Morgan fingerprint density at radius 2 is 1.50 bits per heavy atom. The lowest BCUT2D eigenvalue weighted by atomic mass is 9.71. The average Bonchev–Trinajstić information content (AvgIpc) is 3.47. The molecule has 12 nitrogen and oxygen atoms in total. The van der Waals surface area contributed by atoms with Crippen LogP contribution in [0, 0.1) is 5.41 Å². The molecule has 2 aromatic carbocycles. The van der Waals surface area contributed by atoms with E-state index in [1.165, 1.54) is 0 Å². The number of carbonyl (C=O) groups excluding carboxylic acids is 1. The predicted molar refractivity (Wildman–Crippen MR) is 217 cm³/mol. The molecule has 5 rings (SSSR count). The Morgan fingerprint density at radius 1 is 0.857 bits per heavy atom. The van der Waals surface area contributed by atoms with Gasteiger partial charge in [-0.15, -0.1) is 0 Å². The summed E-state index contributed by atoms with van der Waals surface area (Å²) in [6.07, 6.45) is 8.90. The number of hydrogen-bond donors (Lipinski definition) is 3. The molecular formula is C42H55N2O10S2+. The molecule has 2 atom stereocenters. The van der Waals surface area contributed by atoms with Gasteiger partial charge in [0.1, 0.15) is 12.0 Å². The number of benzene rings is 2. The van der Waals surface area contributed by atoms with E-state index in [0.717, 1.165) is 45.1 Å². The second-order valence-corrected chi connectivity index (χ2v) is 18.8. The summed E-state index contributed by atoms with van der Waals surface area (Å²) < 4.78 is 78.8. The van der Waals surface area contributed by atoms with Crippen LogP contribution in [0.5, 0.6) is 0 Å². The lowest BCUT2D eigenvalue weighted by Crippen LogP contribution is -2.47. The lowest BCUT2D eigenvalue weighted by molar-refractivity contribution is -0.437. The molecule has 2 heterocycles. The summed E-state index contributed by atoms with van der Waals surface area (Å²) >= 11 is 0. The van der Waals surface area contributed by atoms with Gasteiger partial charge in [0.2, 0.25) is 5.69 Å². The molecule has 3 N–H and O–H groups in total. The maximum absolute atomic E-state index is 13.9. The SMILES string of the molecule is CCOC(=O)C1(C(O)OCC)CC(/C=C/C2=[N+](CCCS(=O)(=O)O)c3ccccc3C2(C)C)=CC(=C/C=C2/N(CCCS(=O)(=O)O)c3ccccc3C2(C)C)/C1. The maximum Gasteiger partial charge on any atom is 0.317 e. The molecule has 2 aliphatic heterocycles. The van der Waals surface area contributed by atoms with Crippen molar-refractivity contribution in [2.45, 2.75) is 84.3 Å². The van der Waals surface area contributed by atoms with Crippen molar-refractivity contribution in [3.63, 3.8) is 0 Å². The summed E-state index contributed by atoms with van der Waals surface area (Å²) in [5.41, 5.74) is 4.80. The van der Waals surface area contributed by atoms with Gasteiger partial charge in [-0.2, -0.15) is 21.4 Å². The number of fused-ring (bicyclic) bond motifs is 2. The normalized spacial score (nSPS) is 22.4. The van der Waals surface area contributed by atoms with Crippen LogP contribution in [0.1, 0.15) is 78.4 Å². The van der Waals surface area contributed by atoms with Gasteiger partial charge in [-0.1, -0.05) is 68.5 Å². The maximum atomic E-state index is 13.9. The zero-order valence-electron chi connectivity index (χ0n) is 33.1. The van der Waals surface area contributed by atoms with Gasteiger partial charge >= 0.3 is 5.97 Å². The van der Waals surface area contributed by atoms with E-state index in [9.17, 15) is 35.8 Å². The number of aliphatic hydroxyl groups excluding tert-OH is 1. The number of hydrogen-bond acceptors (Lipinski definition) is 9. The zero-order valence-corrected chi connectivity index (χ0v) is 34.7. The Bertz CT molecular complexity index is 2200. The molecule has 0 saturated carbocycles. The Morgan fingerprint density at radius 3 is 2.16 bits per heavy atom. The Balaban J connectivity index is 1.63. The minimum atomic E-state index is -4.15. The number of allylic oxidation sites excluding steroid dienone is 8. The van der Waals surface area contributed by atoms with Gasteiger partial charge in [0.25, 0.3) is 20.2 Å². The summed E-state index contributed by atoms with van der Waals surface area (Å²) in [4.78, 5) is 16.0. The Kier molecular flexibility index (Phi) is 13.0. The molecule has 2 aromatic rings. The molecule has 0 bridgehead atoms. The van der Waals surface area contributed by atoms with Gasteiger partial charge in [0.15, 0.2) is 12.0 Å². The molecule has 3 aliphatic rings. The zero-order chi connectivity index (χ0) is 41.1. The molecule has 14 heteroatoms. The topological polar surface area (TPSA) is 171 Å². The molecule has 56 heavy (non-hydrogen) atoms. The third-order valence-electron chi connectivity index (χ3n) is 11.0. The van der Waals surface area contributed by atoms with Crippen molar-refractivity contribution in [3.8, 4) is 0 Å². The van der Waals surface area contributed by atoms with E-state index in [0.29, 0.717) is 13.1 Å². The number of rotatable bonds is 16. The van der Waals surface area contributed by atoms with E-state index < -0.39 is 48.7 Å². The van der Waals surface area contributed by atoms with Crippen molar-refractivity contribution in [1.29, 1.82) is 0 Å². The summed E-state index contributed by atoms with van der Waals surface area (Å²) in [7, 11) is -8.31. The van der Waals surface area contributed by atoms with Crippen LogP contribution in [-0.2, 0) is 45.3 Å². The van der Waals surface area contributed by atoms with Crippen LogP contribution in [0.2, 0.25) is 0 Å². The minimum absolute atomic E-state index is 0.102. The quantitative estimate of drug-likeness (QED) is 0.0741. The van der Waals surface area contributed by atoms with E-state index in [1.807, 2.05) is 78.9 Å². The van der Waals surface area contributed by atoms with Crippen LogP contribution in [0.3, 0.4) is 0 Å². The highest BCUT2D eigenvalue weighted by atomic mass is 32.2. The number of nitrogens with zero attached hydrogens (tertiary/aromatic N) is 2. The third kappa shape index (κ3) is 9.27. The Hall–Kier alpha value is -3.92. The van der Waals surface area contributed by atoms with E-state index in [4.69, 9.17) is 9.47 Å². The summed E-state index contributed by atoms with van der Waals surface area (Å²) in [5.74, 6) is -1.35. The highest BCUT2D eigenvalue weighted by Gasteiger charge is 2.50. The Labute approximate surface area is 331 Å². The van der Waals surface area contributed by atoms with Crippen LogP contribution in [0.25, 0.3) is 0 Å². The smallest absolute Gasteiger partial charge is 0.317 e. The highest BCUT2D eigenvalue weighted by Crippen LogP contribution is 2.49. The first-order valence-electron chi connectivity index (χ1n) is 19.0. The molecule has 0 spiro atoms. The first-order valence-corrected chi connectivity index (χ1v) is 22.3. The molecule has 1 aliphatic carbocycles. The molecular weight excluding hydrogens is 757 g/mol. The van der Waals surface area contributed by atoms with Crippen molar-refractivity contribution in [3.05, 3.63) is 107 Å². The second kappa shape index (κ2) is 16.9. The molecule has 0 radical (unpaired) electrons. The minimum Gasteiger partial charge on any atom is -0.465 e. The van der Waals surface area contributed by atoms with Crippen LogP contribution in [0.4, 0.5) is 11.4 Å². The number of esters is 1. The van der Waals surface area contributed by atoms with Crippen molar-refractivity contribution in [1.82, 2.24) is 0 Å². The molecule has 0 amide bonds. The van der Waals surface area contributed by atoms with Crippen molar-refractivity contribution in [2.24, 2.45) is 5.41 Å². The van der Waals surface area contributed by atoms with E-state index in [1.54, 1.807) is 13.8 Å². The third-order valence-corrected chi connectivity index (χ3v) is 12.6. The summed E-state index contributed by atoms with van der Waals surface area (Å²) in [5, 5.41) is 11.6. The first kappa shape index (κ1) is 43.2. The van der Waals surface area contributed by atoms with Crippen molar-refractivity contribution < 1.29 is 49.9 Å². The van der Waals surface area contributed by atoms with Gasteiger partial charge in [-0.3, -0.25) is 13.9 Å². The van der Waals surface area contributed by atoms with E-state index in [2.05, 4.69) is 37.2 Å². The predicted octanol–water partition coefficient (Wildman–Crippen LogP) is 6.41. The van der Waals surface area contributed by atoms with Gasteiger partial charge in [-0.25, -0.2) is 0 Å². The number of aliphatic hydroxyl groups is 1. The molecule has 0 aromatic heterocycles. The second-order valence-electron chi connectivity index (χ2n) is 15.6. The molecule has 2 unspecified atom stereocenters. The number of ether oxygens (including phenoxy) is 2. The summed E-state index contributed by atoms with van der Waals surface area (Å²) in [6.45, 7) is 12.8. The van der Waals surface area contributed by atoms with Crippen LogP contribution in [-0.4, -0.2) is 91.4 Å². The molecule has 304 valence electrons. The number of carbonyl (C=O) groups is 1. The number of para-hydroxylation sites is 2. The fraction of sp³-hybridized carbons (Fsp3) is 0.476. The summed E-state index contributed by atoms with van der Waals surface area (Å²) in [6, 6.07) is 15.8. The highest BCUT2D eigenvalue weighted by molar-refractivity contribution is 7.86. The van der Waals surface area contributed by atoms with Crippen molar-refractivity contribution in [2.75, 3.05) is 42.7 Å². The van der Waals surface area contributed by atoms with Gasteiger partial charge in [0.05, 0.1) is 23.5 Å². The molecule has 0 saturated heterocycles. The van der Waals surface area contributed by atoms with Crippen LogP contribution in [0.15, 0.2) is 95.8 Å². The van der Waals surface area contributed by atoms with Crippen LogP contribution >= 0.6 is 0 Å². The lowest BCUT2D eigenvalue weighted by Gasteiger charge is -2.38. The fourth-order valence-corrected chi connectivity index (χ4v) is 9.29. The monoisotopic (exact) mass is 811 g/mol.